The van der Waals surface area contributed by atoms with Crippen molar-refractivity contribution >= 4 is 5.97 Å². The van der Waals surface area contributed by atoms with Gasteiger partial charge >= 0.3 is 5.97 Å². The molecule has 0 spiro atoms. The Morgan fingerprint density at radius 3 is 2.80 bits per heavy atom. The van der Waals surface area contributed by atoms with Gasteiger partial charge < -0.3 is 15.5 Å². The van der Waals surface area contributed by atoms with Crippen LogP contribution in [0.5, 0.6) is 0 Å². The van der Waals surface area contributed by atoms with Gasteiger partial charge in [0.25, 0.3) is 0 Å². The van der Waals surface area contributed by atoms with Gasteiger partial charge in [0.15, 0.2) is 5.69 Å². The lowest BCUT2D eigenvalue weighted by Crippen LogP contribution is -2.33. The molecule has 20 heavy (non-hydrogen) atoms. The highest BCUT2D eigenvalue weighted by molar-refractivity contribution is 5.84. The van der Waals surface area contributed by atoms with Gasteiger partial charge in [-0.25, -0.2) is 4.79 Å². The molecule has 0 bridgehead atoms. The SMILES string of the molecule is O=C(O)c1cn(CCNCC2CCCCC2CO)nn1. The number of aromatic carboxylic acids is 1. The van der Waals surface area contributed by atoms with Crippen molar-refractivity contribution in [2.45, 2.75) is 32.2 Å². The Balaban J connectivity index is 1.68. The summed E-state index contributed by atoms with van der Waals surface area (Å²) in [6.07, 6.45) is 6.19. The highest BCUT2D eigenvalue weighted by Gasteiger charge is 2.23. The summed E-state index contributed by atoms with van der Waals surface area (Å²) in [7, 11) is 0. The first-order valence-electron chi connectivity index (χ1n) is 7.15. The molecule has 3 N–H and O–H groups in total. The molecule has 2 rings (SSSR count). The number of aliphatic hydroxyl groups is 1. The largest absolute Gasteiger partial charge is 0.476 e. The van der Waals surface area contributed by atoms with Crippen LogP contribution in [0.25, 0.3) is 0 Å². The molecule has 0 aliphatic heterocycles. The zero-order valence-electron chi connectivity index (χ0n) is 11.5. The molecule has 2 atom stereocenters. The Kier molecular flexibility index (Phi) is 5.49. The summed E-state index contributed by atoms with van der Waals surface area (Å²) >= 11 is 0. The minimum absolute atomic E-state index is 0.0300. The van der Waals surface area contributed by atoms with E-state index < -0.39 is 5.97 Å². The predicted molar refractivity (Wildman–Crippen MR) is 72.4 cm³/mol. The molecule has 1 aromatic rings. The monoisotopic (exact) mass is 282 g/mol. The van der Waals surface area contributed by atoms with Crippen LogP contribution in [0.1, 0.15) is 36.2 Å². The van der Waals surface area contributed by atoms with Crippen LogP contribution in [0, 0.1) is 11.8 Å². The summed E-state index contributed by atoms with van der Waals surface area (Å²) in [5.74, 6) is -0.0995. The number of nitrogens with zero attached hydrogens (tertiary/aromatic N) is 3. The van der Waals surface area contributed by atoms with Crippen molar-refractivity contribution in [3.8, 4) is 0 Å². The third-order valence-electron chi connectivity index (χ3n) is 3.98. The first-order chi connectivity index (χ1) is 9.70. The maximum atomic E-state index is 10.7. The minimum atomic E-state index is -1.06. The van der Waals surface area contributed by atoms with Gasteiger partial charge in [0.2, 0.25) is 0 Å². The van der Waals surface area contributed by atoms with Crippen LogP contribution in [0.2, 0.25) is 0 Å². The van der Waals surface area contributed by atoms with E-state index in [0.29, 0.717) is 18.4 Å². The summed E-state index contributed by atoms with van der Waals surface area (Å²) in [5, 5.41) is 28.8. The topological polar surface area (TPSA) is 100 Å². The van der Waals surface area contributed by atoms with Crippen LogP contribution >= 0.6 is 0 Å². The van der Waals surface area contributed by atoms with Gasteiger partial charge in [-0.15, -0.1) is 5.10 Å². The fraction of sp³-hybridized carbons (Fsp3) is 0.769. The summed E-state index contributed by atoms with van der Waals surface area (Å²) in [5.41, 5.74) is -0.0300. The average Bonchev–Trinajstić information content (AvgIpc) is 2.93. The number of aliphatic hydroxyl groups excluding tert-OH is 1. The van der Waals surface area contributed by atoms with E-state index in [1.807, 2.05) is 0 Å². The number of aromatic nitrogens is 3. The second kappa shape index (κ2) is 7.35. The van der Waals surface area contributed by atoms with E-state index in [-0.39, 0.29) is 12.3 Å². The molecule has 1 heterocycles. The van der Waals surface area contributed by atoms with Crippen molar-refractivity contribution in [1.82, 2.24) is 20.3 Å². The molecular formula is C13H22N4O3. The Morgan fingerprint density at radius 2 is 2.15 bits per heavy atom. The van der Waals surface area contributed by atoms with Crippen molar-refractivity contribution in [3.05, 3.63) is 11.9 Å². The molecule has 1 aliphatic carbocycles. The highest BCUT2D eigenvalue weighted by Crippen LogP contribution is 2.28. The van der Waals surface area contributed by atoms with E-state index in [2.05, 4.69) is 15.6 Å². The molecule has 7 heteroatoms. The van der Waals surface area contributed by atoms with Crippen LogP contribution in [0.4, 0.5) is 0 Å². The molecule has 0 radical (unpaired) electrons. The number of carboxylic acids is 1. The lowest BCUT2D eigenvalue weighted by Gasteiger charge is -2.30. The van der Waals surface area contributed by atoms with E-state index in [1.54, 1.807) is 0 Å². The summed E-state index contributed by atoms with van der Waals surface area (Å²) in [4.78, 5) is 10.7. The van der Waals surface area contributed by atoms with E-state index in [9.17, 15) is 9.90 Å². The molecule has 1 aliphatic rings. The fourth-order valence-corrected chi connectivity index (χ4v) is 2.78. The van der Waals surface area contributed by atoms with Gasteiger partial charge in [-0.3, -0.25) is 4.68 Å². The number of nitrogens with one attached hydrogen (secondary N) is 1. The van der Waals surface area contributed by atoms with Crippen molar-refractivity contribution in [1.29, 1.82) is 0 Å². The first-order valence-corrected chi connectivity index (χ1v) is 7.15. The zero-order chi connectivity index (χ0) is 14.4. The standard InChI is InChI=1S/C13H22N4O3/c18-9-11-4-2-1-3-10(11)7-14-5-6-17-8-12(13(19)20)15-16-17/h8,10-11,14,18H,1-7,9H2,(H,19,20). The van der Waals surface area contributed by atoms with Crippen LogP contribution in [0.15, 0.2) is 6.20 Å². The summed E-state index contributed by atoms with van der Waals surface area (Å²) in [6.45, 7) is 2.48. The summed E-state index contributed by atoms with van der Waals surface area (Å²) < 4.78 is 1.53. The Morgan fingerprint density at radius 1 is 1.40 bits per heavy atom. The first kappa shape index (κ1) is 14.9. The lowest BCUT2D eigenvalue weighted by atomic mass is 9.79. The minimum Gasteiger partial charge on any atom is -0.476 e. The maximum absolute atomic E-state index is 10.7. The van der Waals surface area contributed by atoms with Gasteiger partial charge in [0.1, 0.15) is 0 Å². The maximum Gasteiger partial charge on any atom is 0.358 e. The van der Waals surface area contributed by atoms with Gasteiger partial charge in [0, 0.05) is 13.2 Å². The van der Waals surface area contributed by atoms with E-state index in [4.69, 9.17) is 5.11 Å². The van der Waals surface area contributed by atoms with Crippen LogP contribution in [-0.4, -0.2) is 50.9 Å². The Labute approximate surface area is 118 Å². The number of rotatable bonds is 7. The molecule has 0 amide bonds. The summed E-state index contributed by atoms with van der Waals surface area (Å²) in [6, 6.07) is 0. The van der Waals surface area contributed by atoms with Crippen molar-refractivity contribution < 1.29 is 15.0 Å². The number of carbonyl (C=O) groups is 1. The Bertz CT molecular complexity index is 435. The van der Waals surface area contributed by atoms with Crippen LogP contribution in [-0.2, 0) is 6.54 Å². The number of carboxylic acid groups (broad SMARTS) is 1. The molecule has 2 unspecified atom stereocenters. The van der Waals surface area contributed by atoms with Gasteiger partial charge in [-0.1, -0.05) is 18.1 Å². The van der Waals surface area contributed by atoms with Crippen molar-refractivity contribution in [2.24, 2.45) is 11.8 Å². The van der Waals surface area contributed by atoms with Crippen molar-refractivity contribution in [3.63, 3.8) is 0 Å². The smallest absolute Gasteiger partial charge is 0.358 e. The van der Waals surface area contributed by atoms with Gasteiger partial charge in [-0.05, 0) is 31.2 Å². The van der Waals surface area contributed by atoms with Gasteiger partial charge in [0.05, 0.1) is 12.7 Å². The molecular weight excluding hydrogens is 260 g/mol. The second-order valence-corrected chi connectivity index (χ2v) is 5.36. The second-order valence-electron chi connectivity index (χ2n) is 5.36. The van der Waals surface area contributed by atoms with Crippen LogP contribution in [0.3, 0.4) is 0 Å². The van der Waals surface area contributed by atoms with Crippen molar-refractivity contribution in [2.75, 3.05) is 19.7 Å². The number of hydrogen-bond donors (Lipinski definition) is 3. The quantitative estimate of drug-likeness (QED) is 0.625. The molecule has 112 valence electrons. The highest BCUT2D eigenvalue weighted by atomic mass is 16.4. The molecule has 1 aromatic heterocycles. The average molecular weight is 282 g/mol. The third-order valence-corrected chi connectivity index (χ3v) is 3.98. The molecule has 0 aromatic carbocycles. The molecule has 7 nitrogen and oxygen atoms in total. The normalized spacial score (nSPS) is 22.9. The third kappa shape index (κ3) is 4.01. The Hall–Kier alpha value is -1.47. The zero-order valence-corrected chi connectivity index (χ0v) is 11.5. The van der Waals surface area contributed by atoms with E-state index in [0.717, 1.165) is 19.5 Å². The lowest BCUT2D eigenvalue weighted by molar-refractivity contribution is 0.0690. The van der Waals surface area contributed by atoms with Gasteiger partial charge in [-0.2, -0.15) is 0 Å². The predicted octanol–water partition coefficient (Wildman–Crippen LogP) is 0.365. The molecule has 1 saturated carbocycles. The fourth-order valence-electron chi connectivity index (χ4n) is 2.78. The number of hydrogen-bond acceptors (Lipinski definition) is 5. The van der Waals surface area contributed by atoms with E-state index in [1.165, 1.54) is 30.1 Å². The molecule has 1 fully saturated rings. The molecule has 0 saturated heterocycles. The van der Waals surface area contributed by atoms with Crippen LogP contribution < -0.4 is 5.32 Å². The van der Waals surface area contributed by atoms with E-state index >= 15 is 0 Å².